The predicted molar refractivity (Wildman–Crippen MR) is 81.9 cm³/mol. The Morgan fingerprint density at radius 1 is 1.11 bits per heavy atom. The van der Waals surface area contributed by atoms with Crippen LogP contribution in [0.15, 0.2) is 0 Å². The molecule has 0 aromatic heterocycles. The minimum atomic E-state index is 0.287. The number of carbonyl (C=O) groups is 1. The molecule has 104 valence electrons. The zero-order chi connectivity index (χ0) is 12.6. The molecule has 0 aromatic carbocycles. The van der Waals surface area contributed by atoms with Gasteiger partial charge in [-0.15, -0.1) is 0 Å². The van der Waals surface area contributed by atoms with Crippen LogP contribution in [0.5, 0.6) is 0 Å². The summed E-state index contributed by atoms with van der Waals surface area (Å²) in [5.74, 6) is 1.60. The molecule has 2 fully saturated rings. The topological polar surface area (TPSA) is 29.1 Å². The van der Waals surface area contributed by atoms with Crippen LogP contribution in [0, 0.1) is 0 Å². The van der Waals surface area contributed by atoms with E-state index >= 15 is 0 Å². The Bertz CT molecular complexity index is 248. The van der Waals surface area contributed by atoms with Crippen molar-refractivity contribution < 1.29 is 4.79 Å². The number of hydrogen-bond donors (Lipinski definition) is 1. The van der Waals surface area contributed by atoms with Crippen molar-refractivity contribution in [3.63, 3.8) is 0 Å². The highest BCUT2D eigenvalue weighted by atomic mass is 33.1. The van der Waals surface area contributed by atoms with E-state index in [-0.39, 0.29) is 5.91 Å². The number of carbonyl (C=O) groups excluding carboxylic acids is 1. The van der Waals surface area contributed by atoms with Crippen LogP contribution in [0.2, 0.25) is 0 Å². The Hall–Kier alpha value is 0.170. The average molecular weight is 287 g/mol. The normalized spacial score (nSPS) is 25.2. The van der Waals surface area contributed by atoms with E-state index < -0.39 is 0 Å². The zero-order valence-corrected chi connectivity index (χ0v) is 12.8. The maximum absolute atomic E-state index is 11.8. The SMILES string of the molecule is O=C(CCCCC1CCSS1)NC1CCCCC1. The second-order valence-corrected chi connectivity index (χ2v) is 8.26. The molecule has 2 aliphatic rings. The number of hydrogen-bond acceptors (Lipinski definition) is 3. The van der Waals surface area contributed by atoms with Crippen molar-refractivity contribution in [3.8, 4) is 0 Å². The van der Waals surface area contributed by atoms with Crippen molar-refractivity contribution in [1.82, 2.24) is 5.32 Å². The van der Waals surface area contributed by atoms with Crippen molar-refractivity contribution in [2.75, 3.05) is 5.75 Å². The van der Waals surface area contributed by atoms with E-state index in [9.17, 15) is 4.79 Å². The van der Waals surface area contributed by atoms with Crippen LogP contribution < -0.4 is 5.32 Å². The minimum absolute atomic E-state index is 0.287. The third kappa shape index (κ3) is 5.43. The van der Waals surface area contributed by atoms with Crippen LogP contribution in [0.1, 0.15) is 64.2 Å². The van der Waals surface area contributed by atoms with Gasteiger partial charge in [-0.3, -0.25) is 4.79 Å². The van der Waals surface area contributed by atoms with Crippen LogP contribution in [0.25, 0.3) is 0 Å². The molecule has 1 aliphatic heterocycles. The van der Waals surface area contributed by atoms with Gasteiger partial charge in [0.2, 0.25) is 5.91 Å². The molecule has 1 unspecified atom stereocenters. The molecule has 1 atom stereocenters. The largest absolute Gasteiger partial charge is 0.353 e. The summed E-state index contributed by atoms with van der Waals surface area (Å²) in [4.78, 5) is 11.8. The molecule has 1 heterocycles. The highest BCUT2D eigenvalue weighted by Crippen LogP contribution is 2.39. The smallest absolute Gasteiger partial charge is 0.220 e. The lowest BCUT2D eigenvalue weighted by Gasteiger charge is -2.22. The Kier molecular flexibility index (Phi) is 6.77. The van der Waals surface area contributed by atoms with Crippen molar-refractivity contribution >= 4 is 27.5 Å². The molecule has 4 heteroatoms. The Labute approximate surface area is 119 Å². The van der Waals surface area contributed by atoms with E-state index in [1.165, 1.54) is 57.1 Å². The highest BCUT2D eigenvalue weighted by molar-refractivity contribution is 8.77. The number of unbranched alkanes of at least 4 members (excludes halogenated alkanes) is 1. The molecule has 0 radical (unpaired) electrons. The van der Waals surface area contributed by atoms with E-state index in [1.54, 1.807) is 0 Å². The molecule has 2 nitrogen and oxygen atoms in total. The summed E-state index contributed by atoms with van der Waals surface area (Å²) >= 11 is 0. The molecule has 1 saturated heterocycles. The maximum Gasteiger partial charge on any atom is 0.220 e. The Morgan fingerprint density at radius 3 is 2.67 bits per heavy atom. The van der Waals surface area contributed by atoms with Crippen molar-refractivity contribution in [3.05, 3.63) is 0 Å². The summed E-state index contributed by atoms with van der Waals surface area (Å²) in [6, 6.07) is 0.480. The van der Waals surface area contributed by atoms with Crippen LogP contribution in [0.4, 0.5) is 0 Å². The lowest BCUT2D eigenvalue weighted by atomic mass is 9.95. The maximum atomic E-state index is 11.8. The highest BCUT2D eigenvalue weighted by Gasteiger charge is 2.17. The van der Waals surface area contributed by atoms with Gasteiger partial charge in [0.25, 0.3) is 0 Å². The van der Waals surface area contributed by atoms with Gasteiger partial charge in [0.05, 0.1) is 0 Å². The molecule has 1 saturated carbocycles. The van der Waals surface area contributed by atoms with Gasteiger partial charge >= 0.3 is 0 Å². The predicted octanol–water partition coefficient (Wildman–Crippen LogP) is 4.15. The van der Waals surface area contributed by atoms with Crippen molar-refractivity contribution in [1.29, 1.82) is 0 Å². The molecule has 18 heavy (non-hydrogen) atoms. The first kappa shape index (κ1) is 14.6. The molecule has 0 spiro atoms. The first-order chi connectivity index (χ1) is 8.84. The molecular weight excluding hydrogens is 262 g/mol. The number of rotatable bonds is 6. The molecule has 1 amide bonds. The molecular formula is C14H25NOS2. The van der Waals surface area contributed by atoms with E-state index in [4.69, 9.17) is 0 Å². The number of nitrogens with one attached hydrogen (secondary N) is 1. The zero-order valence-electron chi connectivity index (χ0n) is 11.2. The van der Waals surface area contributed by atoms with Gasteiger partial charge in [-0.2, -0.15) is 0 Å². The fourth-order valence-corrected chi connectivity index (χ4v) is 5.80. The van der Waals surface area contributed by atoms with E-state index in [0.29, 0.717) is 6.04 Å². The van der Waals surface area contributed by atoms with Gasteiger partial charge in [0, 0.05) is 23.5 Å². The van der Waals surface area contributed by atoms with Gasteiger partial charge in [-0.1, -0.05) is 47.3 Å². The van der Waals surface area contributed by atoms with Crippen LogP contribution >= 0.6 is 21.6 Å². The van der Waals surface area contributed by atoms with Crippen molar-refractivity contribution in [2.24, 2.45) is 0 Å². The fourth-order valence-electron chi connectivity index (χ4n) is 2.77. The lowest BCUT2D eigenvalue weighted by Crippen LogP contribution is -2.35. The second-order valence-electron chi connectivity index (χ2n) is 5.48. The van der Waals surface area contributed by atoms with Gasteiger partial charge in [0.15, 0.2) is 0 Å². The first-order valence-corrected chi connectivity index (χ1v) is 9.80. The third-order valence-corrected chi connectivity index (χ3v) is 6.88. The number of amides is 1. The van der Waals surface area contributed by atoms with Gasteiger partial charge in [-0.25, -0.2) is 0 Å². The van der Waals surface area contributed by atoms with Crippen LogP contribution in [-0.4, -0.2) is 23.0 Å². The molecule has 1 aliphatic carbocycles. The first-order valence-electron chi connectivity index (χ1n) is 7.42. The van der Waals surface area contributed by atoms with Crippen LogP contribution in [-0.2, 0) is 4.79 Å². The van der Waals surface area contributed by atoms with E-state index in [1.807, 2.05) is 21.6 Å². The Morgan fingerprint density at radius 2 is 1.94 bits per heavy atom. The standard InChI is InChI=1S/C14H25NOS2/c16-14(15-12-6-2-1-3-7-12)9-5-4-8-13-10-11-17-18-13/h12-13H,1-11H2,(H,15,16). The summed E-state index contributed by atoms with van der Waals surface area (Å²) in [6.07, 6.45) is 12.0. The summed E-state index contributed by atoms with van der Waals surface area (Å²) in [7, 11) is 4.05. The molecule has 2 rings (SSSR count). The van der Waals surface area contributed by atoms with E-state index in [2.05, 4.69) is 5.32 Å². The minimum Gasteiger partial charge on any atom is -0.353 e. The summed E-state index contributed by atoms with van der Waals surface area (Å²) in [5, 5.41) is 4.06. The molecule has 0 aromatic rings. The van der Waals surface area contributed by atoms with Gasteiger partial charge in [-0.05, 0) is 32.1 Å². The summed E-state index contributed by atoms with van der Waals surface area (Å²) in [6.45, 7) is 0. The summed E-state index contributed by atoms with van der Waals surface area (Å²) in [5.41, 5.74) is 0. The molecule has 0 bridgehead atoms. The second kappa shape index (κ2) is 8.36. The monoisotopic (exact) mass is 287 g/mol. The lowest BCUT2D eigenvalue weighted by molar-refractivity contribution is -0.122. The van der Waals surface area contributed by atoms with Gasteiger partial charge < -0.3 is 5.32 Å². The van der Waals surface area contributed by atoms with Gasteiger partial charge in [0.1, 0.15) is 0 Å². The third-order valence-electron chi connectivity index (χ3n) is 3.88. The van der Waals surface area contributed by atoms with E-state index in [0.717, 1.165) is 18.1 Å². The summed E-state index contributed by atoms with van der Waals surface area (Å²) < 4.78 is 0. The van der Waals surface area contributed by atoms with Crippen molar-refractivity contribution in [2.45, 2.75) is 75.5 Å². The Balaban J connectivity index is 1.48. The quantitative estimate of drug-likeness (QED) is 0.588. The molecule has 1 N–H and O–H groups in total. The fraction of sp³-hybridized carbons (Fsp3) is 0.929. The average Bonchev–Trinajstić information content (AvgIpc) is 2.89. The van der Waals surface area contributed by atoms with Crippen LogP contribution in [0.3, 0.4) is 0 Å².